The fraction of sp³-hybridized carbons (Fsp3) is 0.500. The number of cyclic esters (lactones) is 1. The average molecular weight is 246 g/mol. The first-order valence-corrected chi connectivity index (χ1v) is 6.51. The highest BCUT2D eigenvalue weighted by atomic mass is 16.5. The lowest BCUT2D eigenvalue weighted by Gasteiger charge is -2.38. The molecule has 2 aliphatic heterocycles. The monoisotopic (exact) mass is 246 g/mol. The molecule has 0 amide bonds. The number of benzene rings is 1. The zero-order chi connectivity index (χ0) is 12.5. The molecule has 0 saturated carbocycles. The fourth-order valence-corrected chi connectivity index (χ4v) is 3.09. The Morgan fingerprint density at radius 2 is 2.22 bits per heavy atom. The second-order valence-electron chi connectivity index (χ2n) is 4.91. The number of carbonyl (C=O) groups is 1. The van der Waals surface area contributed by atoms with E-state index in [9.17, 15) is 4.79 Å². The fourth-order valence-electron chi connectivity index (χ4n) is 3.09. The number of hydrogen-bond acceptors (Lipinski definition) is 4. The topological polar surface area (TPSA) is 55.6 Å². The van der Waals surface area contributed by atoms with Crippen molar-refractivity contribution in [3.05, 3.63) is 35.4 Å². The van der Waals surface area contributed by atoms with Gasteiger partial charge in [0.15, 0.2) is 0 Å². The first-order valence-electron chi connectivity index (χ1n) is 6.51. The van der Waals surface area contributed by atoms with E-state index < -0.39 is 0 Å². The number of carbonyl (C=O) groups excluding carboxylic acids is 1. The summed E-state index contributed by atoms with van der Waals surface area (Å²) < 4.78 is 5.08. The Hall–Kier alpha value is -1.39. The molecule has 4 nitrogen and oxygen atoms in total. The third kappa shape index (κ3) is 1.82. The molecule has 2 N–H and O–H groups in total. The van der Waals surface area contributed by atoms with Gasteiger partial charge in [0.2, 0.25) is 0 Å². The van der Waals surface area contributed by atoms with Crippen molar-refractivity contribution >= 4 is 5.97 Å². The maximum absolute atomic E-state index is 11.7. The van der Waals surface area contributed by atoms with E-state index in [1.165, 1.54) is 11.1 Å². The molecule has 1 fully saturated rings. The molecule has 2 heterocycles. The van der Waals surface area contributed by atoms with E-state index in [1.54, 1.807) is 0 Å². The Labute approximate surface area is 107 Å². The molecule has 0 aromatic heterocycles. The van der Waals surface area contributed by atoms with Gasteiger partial charge in [0.25, 0.3) is 0 Å². The van der Waals surface area contributed by atoms with Crippen LogP contribution in [0.15, 0.2) is 24.3 Å². The van der Waals surface area contributed by atoms with Crippen molar-refractivity contribution in [2.75, 3.05) is 19.7 Å². The minimum absolute atomic E-state index is 0.0900. The number of rotatable bonds is 2. The molecule has 0 radical (unpaired) electrons. The van der Waals surface area contributed by atoms with Gasteiger partial charge in [-0.2, -0.15) is 0 Å². The molecule has 0 bridgehead atoms. The number of ether oxygens (including phenoxy) is 1. The van der Waals surface area contributed by atoms with Gasteiger partial charge >= 0.3 is 5.97 Å². The third-order valence-electron chi connectivity index (χ3n) is 3.99. The minimum atomic E-state index is -0.105. The van der Waals surface area contributed by atoms with Crippen LogP contribution in [0.25, 0.3) is 0 Å². The van der Waals surface area contributed by atoms with Gasteiger partial charge in [0.05, 0.1) is 6.61 Å². The van der Waals surface area contributed by atoms with E-state index in [-0.39, 0.29) is 18.1 Å². The Kier molecular flexibility index (Phi) is 3.06. The smallest absolute Gasteiger partial charge is 0.323 e. The van der Waals surface area contributed by atoms with Gasteiger partial charge in [-0.05, 0) is 17.5 Å². The van der Waals surface area contributed by atoms with Gasteiger partial charge in [0, 0.05) is 25.6 Å². The van der Waals surface area contributed by atoms with E-state index in [1.807, 2.05) is 6.07 Å². The number of hydrogen-bond donors (Lipinski definition) is 1. The van der Waals surface area contributed by atoms with E-state index in [2.05, 4.69) is 23.1 Å². The standard InChI is InChI=1S/C14H18N2O2/c15-9-13-11-4-2-1-3-10(11)5-7-16(13)12-6-8-18-14(12)17/h1-4,12-13H,5-9,15H2. The molecule has 2 atom stereocenters. The van der Waals surface area contributed by atoms with Crippen molar-refractivity contribution in [2.45, 2.75) is 24.9 Å². The second kappa shape index (κ2) is 4.71. The van der Waals surface area contributed by atoms with Gasteiger partial charge in [-0.1, -0.05) is 24.3 Å². The van der Waals surface area contributed by atoms with Crippen molar-refractivity contribution in [1.29, 1.82) is 0 Å². The van der Waals surface area contributed by atoms with Crippen LogP contribution in [0.4, 0.5) is 0 Å². The van der Waals surface area contributed by atoms with Crippen LogP contribution < -0.4 is 5.73 Å². The molecule has 0 spiro atoms. The SMILES string of the molecule is NCC1c2ccccc2CCN1C1CCOC1=O. The van der Waals surface area contributed by atoms with E-state index >= 15 is 0 Å². The highest BCUT2D eigenvalue weighted by Gasteiger charge is 2.38. The first-order chi connectivity index (χ1) is 8.81. The molecule has 96 valence electrons. The van der Waals surface area contributed by atoms with Crippen LogP contribution in [-0.2, 0) is 16.0 Å². The van der Waals surface area contributed by atoms with Crippen LogP contribution in [0.3, 0.4) is 0 Å². The van der Waals surface area contributed by atoms with Crippen molar-refractivity contribution in [3.8, 4) is 0 Å². The number of fused-ring (bicyclic) bond motifs is 1. The Balaban J connectivity index is 1.92. The summed E-state index contributed by atoms with van der Waals surface area (Å²) in [7, 11) is 0. The van der Waals surface area contributed by atoms with Crippen LogP contribution >= 0.6 is 0 Å². The second-order valence-corrected chi connectivity index (χ2v) is 4.91. The summed E-state index contributed by atoms with van der Waals surface area (Å²) in [4.78, 5) is 14.0. The quantitative estimate of drug-likeness (QED) is 0.786. The summed E-state index contributed by atoms with van der Waals surface area (Å²) in [5.74, 6) is -0.0900. The summed E-state index contributed by atoms with van der Waals surface area (Å²) in [5.41, 5.74) is 8.55. The van der Waals surface area contributed by atoms with Crippen LogP contribution in [-0.4, -0.2) is 36.6 Å². The van der Waals surface area contributed by atoms with Crippen LogP contribution in [0.2, 0.25) is 0 Å². The van der Waals surface area contributed by atoms with Gasteiger partial charge in [-0.15, -0.1) is 0 Å². The predicted molar refractivity (Wildman–Crippen MR) is 68.0 cm³/mol. The van der Waals surface area contributed by atoms with Gasteiger partial charge in [-0.3, -0.25) is 9.69 Å². The van der Waals surface area contributed by atoms with Gasteiger partial charge in [0.1, 0.15) is 6.04 Å². The molecule has 2 unspecified atom stereocenters. The average Bonchev–Trinajstić information content (AvgIpc) is 2.83. The zero-order valence-electron chi connectivity index (χ0n) is 10.3. The molecule has 1 aromatic rings. The number of esters is 1. The highest BCUT2D eigenvalue weighted by molar-refractivity contribution is 5.77. The zero-order valence-corrected chi connectivity index (χ0v) is 10.3. The Morgan fingerprint density at radius 1 is 1.39 bits per heavy atom. The van der Waals surface area contributed by atoms with E-state index in [4.69, 9.17) is 10.5 Å². The lowest BCUT2D eigenvalue weighted by atomic mass is 9.91. The lowest BCUT2D eigenvalue weighted by molar-refractivity contribution is -0.143. The molecular weight excluding hydrogens is 228 g/mol. The maximum atomic E-state index is 11.7. The largest absolute Gasteiger partial charge is 0.464 e. The Morgan fingerprint density at radius 3 is 2.94 bits per heavy atom. The Bertz CT molecular complexity index is 461. The third-order valence-corrected chi connectivity index (χ3v) is 3.99. The number of nitrogens with zero attached hydrogens (tertiary/aromatic N) is 1. The molecule has 3 rings (SSSR count). The summed E-state index contributed by atoms with van der Waals surface area (Å²) >= 11 is 0. The van der Waals surface area contributed by atoms with Crippen LogP contribution in [0.1, 0.15) is 23.6 Å². The van der Waals surface area contributed by atoms with Crippen LogP contribution in [0.5, 0.6) is 0 Å². The van der Waals surface area contributed by atoms with Gasteiger partial charge in [-0.25, -0.2) is 0 Å². The molecule has 18 heavy (non-hydrogen) atoms. The van der Waals surface area contributed by atoms with Crippen molar-refractivity contribution < 1.29 is 9.53 Å². The summed E-state index contributed by atoms with van der Waals surface area (Å²) in [5, 5.41) is 0. The minimum Gasteiger partial charge on any atom is -0.464 e. The normalized spacial score (nSPS) is 27.9. The summed E-state index contributed by atoms with van der Waals surface area (Å²) in [6.07, 6.45) is 1.77. The molecule has 1 saturated heterocycles. The predicted octanol–water partition coefficient (Wildman–Crippen LogP) is 0.860. The summed E-state index contributed by atoms with van der Waals surface area (Å²) in [6, 6.07) is 8.42. The van der Waals surface area contributed by atoms with Crippen molar-refractivity contribution in [1.82, 2.24) is 4.90 Å². The number of nitrogens with two attached hydrogens (primary N) is 1. The maximum Gasteiger partial charge on any atom is 0.323 e. The molecular formula is C14H18N2O2. The molecule has 4 heteroatoms. The van der Waals surface area contributed by atoms with Gasteiger partial charge < -0.3 is 10.5 Å². The molecule has 2 aliphatic rings. The van der Waals surface area contributed by atoms with E-state index in [0.29, 0.717) is 13.2 Å². The molecule has 0 aliphatic carbocycles. The van der Waals surface area contributed by atoms with Crippen LogP contribution in [0, 0.1) is 0 Å². The highest BCUT2D eigenvalue weighted by Crippen LogP contribution is 2.32. The van der Waals surface area contributed by atoms with Crippen molar-refractivity contribution in [2.24, 2.45) is 5.73 Å². The molecule has 1 aromatic carbocycles. The van der Waals surface area contributed by atoms with E-state index in [0.717, 1.165) is 19.4 Å². The van der Waals surface area contributed by atoms with Crippen molar-refractivity contribution in [3.63, 3.8) is 0 Å². The lowest BCUT2D eigenvalue weighted by Crippen LogP contribution is -2.47. The summed E-state index contributed by atoms with van der Waals surface area (Å²) in [6.45, 7) is 1.97. The first kappa shape index (κ1) is 11.7.